The highest BCUT2D eigenvalue weighted by Gasteiger charge is 2.21. The van der Waals surface area contributed by atoms with Crippen LogP contribution in [0.2, 0.25) is 0 Å². The number of aromatic nitrogens is 1. The summed E-state index contributed by atoms with van der Waals surface area (Å²) in [5.41, 5.74) is 5.71. The summed E-state index contributed by atoms with van der Waals surface area (Å²) in [5, 5.41) is 0.940. The molecule has 0 fully saturated rings. The maximum Gasteiger partial charge on any atom is 0.258 e. The second kappa shape index (κ2) is 7.99. The molecular weight excluding hydrogens is 372 g/mol. The van der Waals surface area contributed by atoms with Crippen LogP contribution < -0.4 is 10.5 Å². The Labute approximate surface area is 175 Å². The monoisotopic (exact) mass is 396 g/mol. The van der Waals surface area contributed by atoms with Gasteiger partial charge >= 0.3 is 0 Å². The van der Waals surface area contributed by atoms with Gasteiger partial charge < -0.3 is 9.88 Å². The van der Waals surface area contributed by atoms with Crippen LogP contribution in [0, 0.1) is 20.8 Å². The van der Waals surface area contributed by atoms with Crippen LogP contribution in [0.3, 0.4) is 0 Å². The van der Waals surface area contributed by atoms with Crippen molar-refractivity contribution in [3.8, 4) is 0 Å². The summed E-state index contributed by atoms with van der Waals surface area (Å²) in [7, 11) is 0. The number of hydrogen-bond acceptors (Lipinski definition) is 2. The molecule has 0 aliphatic heterocycles. The minimum Gasteiger partial charge on any atom is -0.322 e. The van der Waals surface area contributed by atoms with Gasteiger partial charge in [0.1, 0.15) is 0 Å². The van der Waals surface area contributed by atoms with Crippen molar-refractivity contribution in [1.82, 2.24) is 4.98 Å². The van der Waals surface area contributed by atoms with E-state index in [-0.39, 0.29) is 18.0 Å². The van der Waals surface area contributed by atoms with Gasteiger partial charge in [0.05, 0.1) is 6.54 Å². The molecule has 1 amide bonds. The van der Waals surface area contributed by atoms with Gasteiger partial charge in [0.2, 0.25) is 0 Å². The summed E-state index contributed by atoms with van der Waals surface area (Å²) in [6.07, 6.45) is 0. The maximum absolute atomic E-state index is 13.5. The number of fused-ring (bicyclic) bond motifs is 1. The number of benzene rings is 3. The summed E-state index contributed by atoms with van der Waals surface area (Å²) < 4.78 is 0. The Kier molecular flexibility index (Phi) is 5.23. The van der Waals surface area contributed by atoms with Crippen molar-refractivity contribution in [3.05, 3.63) is 111 Å². The number of amides is 1. The number of aryl methyl sites for hydroxylation is 3. The molecule has 0 unspecified atom stereocenters. The predicted octanol–water partition coefficient (Wildman–Crippen LogP) is 5.30. The number of rotatable bonds is 4. The van der Waals surface area contributed by atoms with Gasteiger partial charge in [-0.15, -0.1) is 0 Å². The highest BCUT2D eigenvalue weighted by molar-refractivity contribution is 6.06. The van der Waals surface area contributed by atoms with E-state index in [1.54, 1.807) is 4.90 Å². The second-order valence-corrected chi connectivity index (χ2v) is 7.76. The lowest BCUT2D eigenvalue weighted by Gasteiger charge is -2.25. The predicted molar refractivity (Wildman–Crippen MR) is 122 cm³/mol. The Bertz CT molecular complexity index is 1300. The van der Waals surface area contributed by atoms with Gasteiger partial charge in [0.25, 0.3) is 11.5 Å². The molecule has 4 rings (SSSR count). The second-order valence-electron chi connectivity index (χ2n) is 7.76. The van der Waals surface area contributed by atoms with Crippen LogP contribution in [0.5, 0.6) is 0 Å². The Hall–Kier alpha value is -3.66. The minimum absolute atomic E-state index is 0.127. The molecule has 1 aromatic heterocycles. The molecule has 0 aliphatic rings. The fraction of sp³-hybridized carbons (Fsp3) is 0.154. The van der Waals surface area contributed by atoms with E-state index in [0.29, 0.717) is 11.1 Å². The summed E-state index contributed by atoms with van der Waals surface area (Å²) in [6, 6.07) is 23.1. The van der Waals surface area contributed by atoms with Crippen LogP contribution in [0.4, 0.5) is 5.69 Å². The molecule has 0 radical (unpaired) electrons. The van der Waals surface area contributed by atoms with E-state index in [2.05, 4.69) is 11.1 Å². The fourth-order valence-corrected chi connectivity index (χ4v) is 3.79. The van der Waals surface area contributed by atoms with Gasteiger partial charge in [-0.3, -0.25) is 9.59 Å². The van der Waals surface area contributed by atoms with E-state index >= 15 is 0 Å². The molecule has 150 valence electrons. The molecule has 4 aromatic rings. The lowest BCUT2D eigenvalue weighted by atomic mass is 10.1. The first kappa shape index (κ1) is 19.6. The van der Waals surface area contributed by atoms with Gasteiger partial charge in [-0.05, 0) is 62.1 Å². The van der Waals surface area contributed by atoms with Crippen molar-refractivity contribution in [2.24, 2.45) is 0 Å². The van der Waals surface area contributed by atoms with Gasteiger partial charge in [-0.25, -0.2) is 0 Å². The summed E-state index contributed by atoms with van der Waals surface area (Å²) >= 11 is 0. The molecule has 30 heavy (non-hydrogen) atoms. The van der Waals surface area contributed by atoms with E-state index in [1.807, 2.05) is 87.5 Å². The number of H-pyrrole nitrogens is 1. The van der Waals surface area contributed by atoms with E-state index in [0.717, 1.165) is 33.3 Å². The Morgan fingerprint density at radius 2 is 1.63 bits per heavy atom. The van der Waals surface area contributed by atoms with Gasteiger partial charge in [0, 0.05) is 22.3 Å². The third-order valence-corrected chi connectivity index (χ3v) is 5.31. The molecule has 3 aromatic carbocycles. The zero-order chi connectivity index (χ0) is 21.3. The molecule has 1 N–H and O–H groups in total. The highest BCUT2D eigenvalue weighted by atomic mass is 16.2. The number of anilines is 1. The van der Waals surface area contributed by atoms with Crippen molar-refractivity contribution in [2.45, 2.75) is 27.3 Å². The number of pyridine rings is 1. The van der Waals surface area contributed by atoms with E-state index < -0.39 is 0 Å². The fourth-order valence-electron chi connectivity index (χ4n) is 3.79. The Morgan fingerprint density at radius 3 is 2.40 bits per heavy atom. The highest BCUT2D eigenvalue weighted by Crippen LogP contribution is 2.25. The molecule has 4 heteroatoms. The smallest absolute Gasteiger partial charge is 0.258 e. The maximum atomic E-state index is 13.5. The molecule has 0 aliphatic carbocycles. The number of carbonyl (C=O) groups excluding carboxylic acids is 1. The number of aromatic amines is 1. The topological polar surface area (TPSA) is 53.2 Å². The van der Waals surface area contributed by atoms with Crippen LogP contribution >= 0.6 is 0 Å². The van der Waals surface area contributed by atoms with E-state index in [9.17, 15) is 9.59 Å². The standard InChI is InChI=1S/C26H24N2O2/c1-17-7-6-9-21(14-17)26(30)28(24-12-11-18(2)13-19(24)3)16-22-15-20-8-4-5-10-23(20)27-25(22)29/h4-15H,16H2,1-3H3,(H,27,29). The Balaban J connectivity index is 1.82. The van der Waals surface area contributed by atoms with Crippen molar-refractivity contribution in [2.75, 3.05) is 4.90 Å². The zero-order valence-corrected chi connectivity index (χ0v) is 17.4. The van der Waals surface area contributed by atoms with Crippen LogP contribution in [0.15, 0.2) is 77.6 Å². The first-order valence-electron chi connectivity index (χ1n) is 9.99. The number of nitrogens with one attached hydrogen (secondary N) is 1. The van der Waals surface area contributed by atoms with E-state index in [4.69, 9.17) is 0 Å². The summed E-state index contributed by atoms with van der Waals surface area (Å²) in [6.45, 7) is 6.17. The van der Waals surface area contributed by atoms with Gasteiger partial charge in [-0.2, -0.15) is 0 Å². The average Bonchev–Trinajstić information content (AvgIpc) is 2.72. The number of nitrogens with zero attached hydrogens (tertiary/aromatic N) is 1. The zero-order valence-electron chi connectivity index (χ0n) is 17.4. The molecule has 0 spiro atoms. The van der Waals surface area contributed by atoms with Crippen molar-refractivity contribution in [1.29, 1.82) is 0 Å². The van der Waals surface area contributed by atoms with E-state index in [1.165, 1.54) is 0 Å². The molecule has 4 nitrogen and oxygen atoms in total. The lowest BCUT2D eigenvalue weighted by Crippen LogP contribution is -2.33. The molecule has 1 heterocycles. The first-order valence-corrected chi connectivity index (χ1v) is 9.99. The molecule has 0 saturated carbocycles. The summed E-state index contributed by atoms with van der Waals surface area (Å²) in [5.74, 6) is -0.127. The number of para-hydroxylation sites is 1. The van der Waals surface area contributed by atoms with Crippen LogP contribution in [0.1, 0.15) is 32.6 Å². The Morgan fingerprint density at radius 1 is 0.867 bits per heavy atom. The third-order valence-electron chi connectivity index (χ3n) is 5.31. The van der Waals surface area contributed by atoms with Crippen molar-refractivity contribution >= 4 is 22.5 Å². The van der Waals surface area contributed by atoms with Crippen molar-refractivity contribution in [3.63, 3.8) is 0 Å². The largest absolute Gasteiger partial charge is 0.322 e. The summed E-state index contributed by atoms with van der Waals surface area (Å²) in [4.78, 5) is 30.9. The SMILES string of the molecule is Cc1cccc(C(=O)N(Cc2cc3ccccc3[nH]c2=O)c2ccc(C)cc2C)c1. The average molecular weight is 396 g/mol. The molecule has 0 saturated heterocycles. The molecule has 0 bridgehead atoms. The minimum atomic E-state index is -0.180. The lowest BCUT2D eigenvalue weighted by molar-refractivity contribution is 0.0985. The van der Waals surface area contributed by atoms with Crippen LogP contribution in [-0.4, -0.2) is 10.9 Å². The van der Waals surface area contributed by atoms with Gasteiger partial charge in [-0.1, -0.05) is 53.6 Å². The molecular formula is C26H24N2O2. The number of hydrogen-bond donors (Lipinski definition) is 1. The normalized spacial score (nSPS) is 10.9. The van der Waals surface area contributed by atoms with Crippen LogP contribution in [0.25, 0.3) is 10.9 Å². The third kappa shape index (κ3) is 3.90. The number of carbonyl (C=O) groups is 1. The molecule has 0 atom stereocenters. The quantitative estimate of drug-likeness (QED) is 0.509. The van der Waals surface area contributed by atoms with Crippen molar-refractivity contribution < 1.29 is 4.79 Å². The van der Waals surface area contributed by atoms with Gasteiger partial charge in [0.15, 0.2) is 0 Å². The first-order chi connectivity index (χ1) is 14.4. The van der Waals surface area contributed by atoms with Crippen LogP contribution in [-0.2, 0) is 6.54 Å².